The topological polar surface area (TPSA) is 55.6 Å². The van der Waals surface area contributed by atoms with Crippen LogP contribution in [0.25, 0.3) is 0 Å². The summed E-state index contributed by atoms with van der Waals surface area (Å²) in [6, 6.07) is 16.8. The largest absolute Gasteiger partial charge is 0.379 e. The van der Waals surface area contributed by atoms with Crippen molar-refractivity contribution >= 4 is 13.5 Å². The van der Waals surface area contributed by atoms with Gasteiger partial charge in [0.25, 0.3) is 5.69 Å². The quantitative estimate of drug-likeness (QED) is 0.493. The van der Waals surface area contributed by atoms with Crippen molar-refractivity contribution in [1.29, 1.82) is 0 Å². The number of rotatable bonds is 3. The van der Waals surface area contributed by atoms with Crippen molar-refractivity contribution in [3.05, 3.63) is 75.8 Å². The highest BCUT2D eigenvalue weighted by atomic mass is 16.6. The van der Waals surface area contributed by atoms with Gasteiger partial charge < -0.3 is 9.64 Å². The first-order valence-electron chi connectivity index (χ1n) is 8.13. The molecule has 0 spiro atoms. The van der Waals surface area contributed by atoms with Crippen molar-refractivity contribution in [2.75, 3.05) is 33.4 Å². The van der Waals surface area contributed by atoms with E-state index >= 15 is 0 Å². The molecule has 5 nitrogen and oxygen atoms in total. The van der Waals surface area contributed by atoms with E-state index in [0.717, 1.165) is 31.9 Å². The lowest BCUT2D eigenvalue weighted by Crippen LogP contribution is -2.32. The van der Waals surface area contributed by atoms with Crippen molar-refractivity contribution in [2.24, 2.45) is 0 Å². The Hall–Kier alpha value is -2.18. The summed E-state index contributed by atoms with van der Waals surface area (Å²) in [4.78, 5) is 12.4. The van der Waals surface area contributed by atoms with Crippen LogP contribution in [0, 0.1) is 10.1 Å². The molecule has 6 heteroatoms. The minimum absolute atomic E-state index is 0.133. The van der Waals surface area contributed by atoms with E-state index in [1.54, 1.807) is 12.1 Å². The van der Waals surface area contributed by atoms with Gasteiger partial charge in [0.05, 0.1) is 18.1 Å². The molecule has 24 heavy (non-hydrogen) atoms. The van der Waals surface area contributed by atoms with Crippen molar-refractivity contribution in [3.63, 3.8) is 0 Å². The first kappa shape index (κ1) is 18.2. The van der Waals surface area contributed by atoms with Crippen LogP contribution in [0.3, 0.4) is 0 Å². The van der Waals surface area contributed by atoms with Gasteiger partial charge in [-0.15, -0.1) is 0 Å². The number of likely N-dealkylation sites (N-methyl/N-ethyl adjacent to an activating group) is 1. The summed E-state index contributed by atoms with van der Waals surface area (Å²) in [6.07, 6.45) is 0. The summed E-state index contributed by atoms with van der Waals surface area (Å²) in [5.74, 6) is 0.247. The van der Waals surface area contributed by atoms with E-state index in [0.29, 0.717) is 0 Å². The van der Waals surface area contributed by atoms with Crippen molar-refractivity contribution in [3.8, 4) is 0 Å². The summed E-state index contributed by atoms with van der Waals surface area (Å²) in [6.45, 7) is 4.02. The van der Waals surface area contributed by atoms with Crippen LogP contribution in [0.1, 0.15) is 16.9 Å². The predicted octanol–water partition coefficient (Wildman–Crippen LogP) is 2.27. The van der Waals surface area contributed by atoms with Gasteiger partial charge >= 0.3 is 0 Å². The van der Waals surface area contributed by atoms with E-state index in [4.69, 9.17) is 4.74 Å². The Morgan fingerprint density at radius 3 is 2.04 bits per heavy atom. The normalized spacial score (nSPS) is 15.9. The summed E-state index contributed by atoms with van der Waals surface area (Å²) in [5, 5.41) is 10.6. The van der Waals surface area contributed by atoms with Gasteiger partial charge in [0.15, 0.2) is 0 Å². The monoisotopic (exact) mass is 326 g/mol. The molecular formula is C18H23BN2O3. The van der Waals surface area contributed by atoms with Crippen LogP contribution in [0.4, 0.5) is 5.69 Å². The fraction of sp³-hybridized carbons (Fsp3) is 0.333. The maximum atomic E-state index is 10.6. The van der Waals surface area contributed by atoms with Crippen LogP contribution < -0.4 is 0 Å². The van der Waals surface area contributed by atoms with E-state index in [1.807, 2.05) is 30.3 Å². The van der Waals surface area contributed by atoms with E-state index < -0.39 is 0 Å². The van der Waals surface area contributed by atoms with Crippen molar-refractivity contribution < 1.29 is 9.66 Å². The molecule has 0 radical (unpaired) electrons. The third-order valence-corrected chi connectivity index (χ3v) is 4.14. The first-order valence-corrected chi connectivity index (χ1v) is 8.13. The molecule has 1 aliphatic rings. The second kappa shape index (κ2) is 9.20. The average Bonchev–Trinajstić information content (AvgIpc) is 2.63. The number of hydrogen-bond acceptors (Lipinski definition) is 4. The molecule has 1 aliphatic heterocycles. The molecule has 3 rings (SSSR count). The molecular weight excluding hydrogens is 303 g/mol. The number of nitro benzene ring substituents is 1. The van der Waals surface area contributed by atoms with Crippen LogP contribution >= 0.6 is 0 Å². The van der Waals surface area contributed by atoms with Crippen molar-refractivity contribution in [1.82, 2.24) is 4.90 Å². The van der Waals surface area contributed by atoms with E-state index in [-0.39, 0.29) is 16.4 Å². The van der Waals surface area contributed by atoms with E-state index in [1.165, 1.54) is 5.56 Å². The van der Waals surface area contributed by atoms with E-state index in [2.05, 4.69) is 31.9 Å². The number of hydrogen-bond donors (Lipinski definition) is 0. The molecule has 0 bridgehead atoms. The van der Waals surface area contributed by atoms with Crippen LogP contribution in [0.15, 0.2) is 54.6 Å². The molecule has 1 unspecified atom stereocenters. The van der Waals surface area contributed by atoms with Crippen molar-refractivity contribution in [2.45, 2.75) is 5.82 Å². The molecule has 1 fully saturated rings. The molecule has 0 amide bonds. The molecule has 1 heterocycles. The van der Waals surface area contributed by atoms with Crippen LogP contribution in [0.2, 0.25) is 0 Å². The summed E-state index contributed by atoms with van der Waals surface area (Å²) >= 11 is 0. The molecule has 1 atom stereocenters. The average molecular weight is 326 g/mol. The summed E-state index contributed by atoms with van der Waals surface area (Å²) in [5.41, 5.74) is 2.43. The van der Waals surface area contributed by atoms with Crippen LogP contribution in [-0.2, 0) is 4.74 Å². The fourth-order valence-electron chi connectivity index (χ4n) is 2.47. The lowest BCUT2D eigenvalue weighted by molar-refractivity contribution is -0.384. The second-order valence-corrected chi connectivity index (χ2v) is 5.90. The second-order valence-electron chi connectivity index (χ2n) is 5.90. The molecule has 1 saturated heterocycles. The highest BCUT2D eigenvalue weighted by Crippen LogP contribution is 2.23. The SMILES string of the molecule is BC(c1ccccc1)c1ccc([N+](=O)[O-])cc1.CN1CCOCC1. The number of ether oxygens (including phenoxy) is 1. The molecule has 2 aromatic carbocycles. The number of morpholine rings is 1. The lowest BCUT2D eigenvalue weighted by Gasteiger charge is -2.21. The van der Waals surface area contributed by atoms with Crippen LogP contribution in [0.5, 0.6) is 0 Å². The van der Waals surface area contributed by atoms with Gasteiger partial charge in [0.2, 0.25) is 0 Å². The van der Waals surface area contributed by atoms with Gasteiger partial charge in [-0.1, -0.05) is 42.5 Å². The number of nitrogens with zero attached hydrogens (tertiary/aromatic N) is 2. The maximum Gasteiger partial charge on any atom is 0.269 e. The third-order valence-electron chi connectivity index (χ3n) is 4.14. The molecule has 2 aromatic rings. The molecule has 0 N–H and O–H groups in total. The van der Waals surface area contributed by atoms with Gasteiger partial charge in [-0.05, 0) is 24.0 Å². The zero-order chi connectivity index (χ0) is 17.4. The molecule has 0 saturated carbocycles. The highest BCUT2D eigenvalue weighted by molar-refractivity contribution is 6.14. The zero-order valence-corrected chi connectivity index (χ0v) is 14.2. The minimum Gasteiger partial charge on any atom is -0.379 e. The Balaban J connectivity index is 0.000000249. The Bertz CT molecular complexity index is 628. The fourth-order valence-corrected chi connectivity index (χ4v) is 2.47. The number of non-ortho nitro benzene ring substituents is 1. The van der Waals surface area contributed by atoms with Gasteiger partial charge in [-0.25, -0.2) is 0 Å². The zero-order valence-electron chi connectivity index (χ0n) is 14.2. The highest BCUT2D eigenvalue weighted by Gasteiger charge is 2.10. The van der Waals surface area contributed by atoms with Gasteiger partial charge in [-0.3, -0.25) is 10.1 Å². The Morgan fingerprint density at radius 2 is 1.58 bits per heavy atom. The first-order chi connectivity index (χ1) is 11.6. The Morgan fingerprint density at radius 1 is 1.04 bits per heavy atom. The summed E-state index contributed by atoms with van der Waals surface area (Å²) in [7, 11) is 4.21. The minimum atomic E-state index is -0.378. The Kier molecular flexibility index (Phi) is 6.97. The number of benzene rings is 2. The number of nitro groups is 1. The molecule has 0 aromatic heterocycles. The van der Waals surface area contributed by atoms with Gasteiger partial charge in [-0.2, -0.15) is 0 Å². The standard InChI is InChI=1S/C13H12BNO2.C5H11NO/c14-13(10-4-2-1-3-5-10)11-6-8-12(9-7-11)15(16)17;1-6-2-4-7-5-3-6/h1-9,13H,14H2;2-5H2,1H3. The van der Waals surface area contributed by atoms with Crippen LogP contribution in [-0.4, -0.2) is 51.0 Å². The maximum absolute atomic E-state index is 10.6. The molecule has 126 valence electrons. The van der Waals surface area contributed by atoms with Gasteiger partial charge in [0.1, 0.15) is 7.85 Å². The molecule has 0 aliphatic carbocycles. The lowest BCUT2D eigenvalue weighted by atomic mass is 9.76. The summed E-state index contributed by atoms with van der Waals surface area (Å²) < 4.78 is 5.10. The van der Waals surface area contributed by atoms with E-state index in [9.17, 15) is 10.1 Å². The predicted molar refractivity (Wildman–Crippen MR) is 98.2 cm³/mol. The smallest absolute Gasteiger partial charge is 0.269 e. The van der Waals surface area contributed by atoms with Gasteiger partial charge in [0, 0.05) is 25.2 Å². The Labute approximate surface area is 143 Å². The third kappa shape index (κ3) is 5.47.